The van der Waals surface area contributed by atoms with E-state index in [2.05, 4.69) is 16.7 Å². The lowest BCUT2D eigenvalue weighted by Crippen LogP contribution is -2.31. The zero-order valence-corrected chi connectivity index (χ0v) is 20.6. The number of nitrogens with zero attached hydrogens (tertiary/aromatic N) is 2. The molecule has 0 atom stereocenters. The van der Waals surface area contributed by atoms with E-state index in [9.17, 15) is 19.8 Å². The van der Waals surface area contributed by atoms with Crippen LogP contribution in [-0.2, 0) is 22.6 Å². The smallest absolute Gasteiger partial charge is 0.167 e. The van der Waals surface area contributed by atoms with Crippen molar-refractivity contribution in [2.45, 2.75) is 33.2 Å². The molecule has 0 bridgehead atoms. The topological polar surface area (TPSA) is 81.1 Å². The van der Waals surface area contributed by atoms with Crippen LogP contribution in [0.4, 0.5) is 0 Å². The normalized spacial score (nSPS) is 19.5. The molecule has 1 aromatic carbocycles. The van der Waals surface area contributed by atoms with E-state index in [1.54, 1.807) is 42.5 Å². The summed E-state index contributed by atoms with van der Waals surface area (Å²) in [4.78, 5) is 29.1. The number of carbonyl (C=O) groups excluding carboxylic acids is 2. The molecule has 0 aliphatic heterocycles. The van der Waals surface area contributed by atoms with Crippen LogP contribution < -0.4 is 0 Å². The van der Waals surface area contributed by atoms with Gasteiger partial charge in [-0.3, -0.25) is 9.69 Å². The Balaban J connectivity index is 2.62. The summed E-state index contributed by atoms with van der Waals surface area (Å²) < 4.78 is 0. The Morgan fingerprint density at radius 3 is 2.53 bits per heavy atom. The average molecular weight is 465 g/mol. The van der Waals surface area contributed by atoms with E-state index in [1.807, 2.05) is 27.1 Å². The Morgan fingerprint density at radius 2 is 1.91 bits per heavy atom. The summed E-state index contributed by atoms with van der Waals surface area (Å²) in [6, 6.07) is 3.39. The van der Waals surface area contributed by atoms with E-state index in [0.717, 1.165) is 37.7 Å². The lowest BCUT2D eigenvalue weighted by Gasteiger charge is -2.25. The van der Waals surface area contributed by atoms with Crippen LogP contribution in [-0.4, -0.2) is 65.8 Å². The second kappa shape index (κ2) is 13.5. The molecule has 1 aliphatic carbocycles. The number of benzene rings is 1. The summed E-state index contributed by atoms with van der Waals surface area (Å²) >= 11 is 0. The van der Waals surface area contributed by atoms with Crippen LogP contribution in [0, 0.1) is 0 Å². The largest absolute Gasteiger partial charge is 0.515 e. The molecule has 0 unspecified atom stereocenters. The number of rotatable bonds is 10. The van der Waals surface area contributed by atoms with Gasteiger partial charge in [-0.15, -0.1) is 0 Å². The molecule has 0 fully saturated rings. The molecular formula is C28H36N2O4. The first-order chi connectivity index (χ1) is 16.4. The molecule has 0 aromatic heterocycles. The molecule has 0 heterocycles. The molecule has 2 N–H and O–H groups in total. The highest BCUT2D eigenvalue weighted by Crippen LogP contribution is 2.35. The third kappa shape index (κ3) is 7.14. The van der Waals surface area contributed by atoms with Crippen LogP contribution in [0.2, 0.25) is 0 Å². The third-order valence-electron chi connectivity index (χ3n) is 5.85. The number of likely N-dealkylation sites (N-methyl/N-ethyl adjacent to an activating group) is 2. The Labute approximate surface area is 202 Å². The standard InChI is InChI=1S/C28H36N2O4/c1-5-22(25-18-21(20-32)10-8-7-9-11-27(25)33)23-12-13-28(34)26(24(23)14-17-31)19-30(6-2)16-15-29(3)4/h5,7-10,12-13,17-18,20,32,34H,6,11,14-16,19H2,1-4H3/b9-7-,10-8-,21-20-,22-5+,25-18-. The highest BCUT2D eigenvalue weighted by molar-refractivity contribution is 6.11. The van der Waals surface area contributed by atoms with Gasteiger partial charge in [-0.2, -0.15) is 0 Å². The molecule has 0 radical (unpaired) electrons. The Morgan fingerprint density at radius 1 is 1.15 bits per heavy atom. The first-order valence-electron chi connectivity index (χ1n) is 11.6. The summed E-state index contributed by atoms with van der Waals surface area (Å²) in [5.41, 5.74) is 3.74. The van der Waals surface area contributed by atoms with Crippen LogP contribution in [0.3, 0.4) is 0 Å². The SMILES string of the molecule is C/C=C(/C1=C/C(=C\O)/C=C\C=C/CC1=O)c1ccc(O)c(CN(CC)CCN(C)C)c1CC=O. The van der Waals surface area contributed by atoms with Crippen molar-refractivity contribution in [3.63, 3.8) is 0 Å². The number of aliphatic hydroxyl groups excluding tert-OH is 1. The maximum atomic E-state index is 13.1. The first kappa shape index (κ1) is 27.0. The van der Waals surface area contributed by atoms with E-state index in [1.165, 1.54) is 0 Å². The van der Waals surface area contributed by atoms with E-state index in [4.69, 9.17) is 0 Å². The average Bonchev–Trinajstić information content (AvgIpc) is 2.90. The van der Waals surface area contributed by atoms with Gasteiger partial charge in [0, 0.05) is 49.2 Å². The van der Waals surface area contributed by atoms with Crippen molar-refractivity contribution in [1.29, 1.82) is 0 Å². The van der Waals surface area contributed by atoms with Crippen LogP contribution >= 0.6 is 0 Å². The summed E-state index contributed by atoms with van der Waals surface area (Å²) in [6.45, 7) is 6.88. The molecule has 1 aliphatic rings. The zero-order chi connectivity index (χ0) is 25.1. The molecular weight excluding hydrogens is 428 g/mol. The molecule has 1 aromatic rings. The molecule has 0 spiro atoms. The quantitative estimate of drug-likeness (QED) is 0.395. The van der Waals surface area contributed by atoms with Crippen molar-refractivity contribution in [2.75, 3.05) is 33.7 Å². The summed E-state index contributed by atoms with van der Waals surface area (Å²) in [6.07, 6.45) is 12.7. The fraction of sp³-hybridized carbons (Fsp3) is 0.357. The fourth-order valence-electron chi connectivity index (χ4n) is 3.93. The van der Waals surface area contributed by atoms with Gasteiger partial charge in [0.1, 0.15) is 12.0 Å². The number of hydrogen-bond donors (Lipinski definition) is 2. The molecule has 2 rings (SSSR count). The van der Waals surface area contributed by atoms with E-state index in [0.29, 0.717) is 34.4 Å². The highest BCUT2D eigenvalue weighted by atomic mass is 16.3. The van der Waals surface area contributed by atoms with Gasteiger partial charge in [0.2, 0.25) is 0 Å². The number of Topliss-reactive ketones (excluding diaryl/α,β-unsaturated/α-hetero) is 1. The van der Waals surface area contributed by atoms with Gasteiger partial charge in [0.25, 0.3) is 0 Å². The predicted octanol–water partition coefficient (Wildman–Crippen LogP) is 4.37. The van der Waals surface area contributed by atoms with Crippen molar-refractivity contribution in [3.05, 3.63) is 82.7 Å². The molecule has 6 heteroatoms. The number of allylic oxidation sites excluding steroid dienone is 9. The number of aliphatic hydroxyl groups is 1. The van der Waals surface area contributed by atoms with Crippen LogP contribution in [0.5, 0.6) is 5.75 Å². The molecule has 0 saturated heterocycles. The zero-order valence-electron chi connectivity index (χ0n) is 20.6. The minimum atomic E-state index is -0.0970. The van der Waals surface area contributed by atoms with Gasteiger partial charge in [0.05, 0.1) is 6.26 Å². The lowest BCUT2D eigenvalue weighted by molar-refractivity contribution is -0.114. The minimum absolute atomic E-state index is 0.0970. The Kier molecular flexibility index (Phi) is 10.7. The monoisotopic (exact) mass is 464 g/mol. The molecule has 0 amide bonds. The van der Waals surface area contributed by atoms with Gasteiger partial charge >= 0.3 is 0 Å². The summed E-state index contributed by atoms with van der Waals surface area (Å²) in [5.74, 6) is 0.0381. The number of phenols is 1. The number of hydrogen-bond acceptors (Lipinski definition) is 6. The predicted molar refractivity (Wildman–Crippen MR) is 138 cm³/mol. The summed E-state index contributed by atoms with van der Waals surface area (Å²) in [5, 5.41) is 20.4. The van der Waals surface area contributed by atoms with Crippen molar-refractivity contribution >= 4 is 17.6 Å². The maximum absolute atomic E-state index is 13.1. The second-order valence-corrected chi connectivity index (χ2v) is 8.44. The number of phenolic OH excluding ortho intramolecular Hbond substituents is 1. The number of aldehydes is 1. The van der Waals surface area contributed by atoms with Crippen LogP contribution in [0.15, 0.2) is 66.0 Å². The Bertz CT molecular complexity index is 1030. The van der Waals surface area contributed by atoms with Gasteiger partial charge in [-0.25, -0.2) is 0 Å². The van der Waals surface area contributed by atoms with Gasteiger partial charge in [-0.1, -0.05) is 43.4 Å². The van der Waals surface area contributed by atoms with Gasteiger partial charge in [0.15, 0.2) is 5.78 Å². The minimum Gasteiger partial charge on any atom is -0.515 e. The van der Waals surface area contributed by atoms with E-state index in [-0.39, 0.29) is 24.4 Å². The number of aromatic hydroxyl groups is 1. The summed E-state index contributed by atoms with van der Waals surface area (Å²) in [7, 11) is 4.03. The second-order valence-electron chi connectivity index (χ2n) is 8.44. The van der Waals surface area contributed by atoms with Crippen LogP contribution in [0.25, 0.3) is 5.57 Å². The van der Waals surface area contributed by atoms with Crippen LogP contribution in [0.1, 0.15) is 37.0 Å². The van der Waals surface area contributed by atoms with Crippen molar-refractivity contribution in [3.8, 4) is 5.75 Å². The highest BCUT2D eigenvalue weighted by Gasteiger charge is 2.22. The van der Waals surface area contributed by atoms with E-state index >= 15 is 0 Å². The molecule has 182 valence electrons. The fourth-order valence-corrected chi connectivity index (χ4v) is 3.93. The van der Waals surface area contributed by atoms with Gasteiger partial charge < -0.3 is 19.9 Å². The van der Waals surface area contributed by atoms with Crippen molar-refractivity contribution in [1.82, 2.24) is 9.80 Å². The van der Waals surface area contributed by atoms with Crippen molar-refractivity contribution in [2.24, 2.45) is 0 Å². The number of ketones is 1. The maximum Gasteiger partial charge on any atom is 0.167 e. The van der Waals surface area contributed by atoms with E-state index < -0.39 is 0 Å². The molecule has 0 saturated carbocycles. The molecule has 34 heavy (non-hydrogen) atoms. The first-order valence-corrected chi connectivity index (χ1v) is 11.6. The lowest BCUT2D eigenvalue weighted by atomic mass is 9.86. The van der Waals surface area contributed by atoms with Crippen molar-refractivity contribution < 1.29 is 19.8 Å². The Hall–Kier alpha value is -3.22. The number of carbonyl (C=O) groups is 2. The van der Waals surface area contributed by atoms with Gasteiger partial charge in [-0.05, 0) is 56.4 Å². The molecule has 6 nitrogen and oxygen atoms in total. The third-order valence-corrected chi connectivity index (χ3v) is 5.85.